The smallest absolute Gasteiger partial charge is 0.248 e. The Morgan fingerprint density at radius 2 is 2.00 bits per heavy atom. The Bertz CT molecular complexity index is 545. The van der Waals surface area contributed by atoms with Crippen molar-refractivity contribution in [3.8, 4) is 5.75 Å². The number of pyridine rings is 1. The van der Waals surface area contributed by atoms with Crippen LogP contribution in [0.3, 0.4) is 0 Å². The van der Waals surface area contributed by atoms with E-state index in [0.717, 1.165) is 29.7 Å². The summed E-state index contributed by atoms with van der Waals surface area (Å²) in [6.07, 6.45) is 3.44. The zero-order valence-corrected chi connectivity index (χ0v) is 10.0. The number of nitrogens with one attached hydrogen (secondary N) is 1. The fraction of sp³-hybridized carbons (Fsp3) is 0.357. The van der Waals surface area contributed by atoms with Crippen molar-refractivity contribution in [3.05, 3.63) is 40.7 Å². The highest BCUT2D eigenvalue weighted by Gasteiger charge is 1.98. The highest BCUT2D eigenvalue weighted by Crippen LogP contribution is 2.18. The summed E-state index contributed by atoms with van der Waals surface area (Å²) in [5.41, 5.74) is 0.742. The number of aromatic nitrogens is 1. The van der Waals surface area contributed by atoms with Gasteiger partial charge in [-0.3, -0.25) is 4.79 Å². The fourth-order valence-electron chi connectivity index (χ4n) is 1.76. The molecule has 0 saturated heterocycles. The SMILES string of the molecule is CCCCCOc1ccc2ccc(=O)[nH]c2c1. The second-order valence-corrected chi connectivity index (χ2v) is 4.13. The van der Waals surface area contributed by atoms with Gasteiger partial charge in [-0.05, 0) is 30.0 Å². The monoisotopic (exact) mass is 231 g/mol. The minimum atomic E-state index is -0.0827. The predicted octanol–water partition coefficient (Wildman–Crippen LogP) is 3.10. The van der Waals surface area contributed by atoms with E-state index in [-0.39, 0.29) is 5.56 Å². The van der Waals surface area contributed by atoms with Gasteiger partial charge in [-0.2, -0.15) is 0 Å². The first-order chi connectivity index (χ1) is 8.29. The molecule has 0 unspecified atom stereocenters. The van der Waals surface area contributed by atoms with Crippen molar-refractivity contribution < 1.29 is 4.74 Å². The summed E-state index contributed by atoms with van der Waals surface area (Å²) in [6.45, 7) is 2.90. The van der Waals surface area contributed by atoms with Gasteiger partial charge in [-0.25, -0.2) is 0 Å². The van der Waals surface area contributed by atoms with E-state index in [4.69, 9.17) is 4.74 Å². The summed E-state index contributed by atoms with van der Waals surface area (Å²) in [4.78, 5) is 14.0. The molecule has 0 saturated carbocycles. The Labute approximate surface area is 100 Å². The van der Waals surface area contributed by atoms with E-state index in [0.29, 0.717) is 0 Å². The Hall–Kier alpha value is -1.77. The van der Waals surface area contributed by atoms with Crippen LogP contribution in [0.1, 0.15) is 26.2 Å². The van der Waals surface area contributed by atoms with Gasteiger partial charge in [0.1, 0.15) is 5.75 Å². The van der Waals surface area contributed by atoms with Crippen LogP contribution in [0.25, 0.3) is 10.9 Å². The molecule has 2 rings (SSSR count). The number of hydrogen-bond acceptors (Lipinski definition) is 2. The van der Waals surface area contributed by atoms with E-state index in [1.54, 1.807) is 0 Å². The molecule has 2 aromatic rings. The highest BCUT2D eigenvalue weighted by atomic mass is 16.5. The lowest BCUT2D eigenvalue weighted by Gasteiger charge is -2.06. The molecule has 0 radical (unpaired) electrons. The van der Waals surface area contributed by atoms with Gasteiger partial charge in [0.25, 0.3) is 0 Å². The summed E-state index contributed by atoms with van der Waals surface area (Å²) in [7, 11) is 0. The lowest BCUT2D eigenvalue weighted by atomic mass is 10.2. The van der Waals surface area contributed by atoms with Crippen molar-refractivity contribution in [2.24, 2.45) is 0 Å². The number of fused-ring (bicyclic) bond motifs is 1. The third-order valence-electron chi connectivity index (χ3n) is 2.71. The van der Waals surface area contributed by atoms with Crippen LogP contribution in [0, 0.1) is 0 Å². The molecule has 3 nitrogen and oxygen atoms in total. The molecule has 0 bridgehead atoms. The quantitative estimate of drug-likeness (QED) is 0.803. The summed E-state index contributed by atoms with van der Waals surface area (Å²) < 4.78 is 5.63. The van der Waals surface area contributed by atoms with Crippen LogP contribution in [-0.2, 0) is 0 Å². The molecule has 0 aliphatic heterocycles. The Morgan fingerprint density at radius 3 is 2.82 bits per heavy atom. The van der Waals surface area contributed by atoms with Crippen molar-refractivity contribution >= 4 is 10.9 Å². The Morgan fingerprint density at radius 1 is 1.18 bits per heavy atom. The van der Waals surface area contributed by atoms with E-state index in [1.807, 2.05) is 24.3 Å². The van der Waals surface area contributed by atoms with Crippen molar-refractivity contribution in [2.45, 2.75) is 26.2 Å². The number of rotatable bonds is 5. The molecular weight excluding hydrogens is 214 g/mol. The second kappa shape index (κ2) is 5.53. The first kappa shape index (κ1) is 11.7. The summed E-state index contributed by atoms with van der Waals surface area (Å²) in [6, 6.07) is 9.12. The zero-order valence-electron chi connectivity index (χ0n) is 10.0. The van der Waals surface area contributed by atoms with Crippen LogP contribution in [0.2, 0.25) is 0 Å². The molecule has 1 aromatic heterocycles. The van der Waals surface area contributed by atoms with Crippen molar-refractivity contribution in [3.63, 3.8) is 0 Å². The lowest BCUT2D eigenvalue weighted by molar-refractivity contribution is 0.306. The lowest BCUT2D eigenvalue weighted by Crippen LogP contribution is -2.03. The number of unbranched alkanes of at least 4 members (excludes halogenated alkanes) is 2. The van der Waals surface area contributed by atoms with Gasteiger partial charge in [0, 0.05) is 12.1 Å². The summed E-state index contributed by atoms with van der Waals surface area (Å²) >= 11 is 0. The molecule has 0 amide bonds. The second-order valence-electron chi connectivity index (χ2n) is 4.13. The summed E-state index contributed by atoms with van der Waals surface area (Å²) in [5, 5.41) is 1.02. The third kappa shape index (κ3) is 3.09. The first-order valence-electron chi connectivity index (χ1n) is 6.05. The zero-order chi connectivity index (χ0) is 12.1. The molecule has 90 valence electrons. The van der Waals surface area contributed by atoms with Gasteiger partial charge in [0.15, 0.2) is 0 Å². The van der Waals surface area contributed by atoms with Crippen LogP contribution in [0.4, 0.5) is 0 Å². The van der Waals surface area contributed by atoms with E-state index in [2.05, 4.69) is 11.9 Å². The van der Waals surface area contributed by atoms with E-state index in [1.165, 1.54) is 18.9 Å². The average molecular weight is 231 g/mol. The van der Waals surface area contributed by atoms with Gasteiger partial charge in [-0.1, -0.05) is 19.8 Å². The fourth-order valence-corrected chi connectivity index (χ4v) is 1.76. The molecule has 0 aliphatic carbocycles. The predicted molar refractivity (Wildman–Crippen MR) is 69.6 cm³/mol. The summed E-state index contributed by atoms with van der Waals surface area (Å²) in [5.74, 6) is 0.815. The molecule has 0 aliphatic rings. The maximum Gasteiger partial charge on any atom is 0.248 e. The Balaban J connectivity index is 2.11. The number of H-pyrrole nitrogens is 1. The highest BCUT2D eigenvalue weighted by molar-refractivity contribution is 5.79. The minimum Gasteiger partial charge on any atom is -0.494 e. The molecule has 17 heavy (non-hydrogen) atoms. The first-order valence-corrected chi connectivity index (χ1v) is 6.05. The molecule has 1 aromatic carbocycles. The van der Waals surface area contributed by atoms with Gasteiger partial charge in [0.05, 0.1) is 12.1 Å². The van der Waals surface area contributed by atoms with Crippen LogP contribution >= 0.6 is 0 Å². The van der Waals surface area contributed by atoms with Crippen molar-refractivity contribution in [1.82, 2.24) is 4.98 Å². The maximum absolute atomic E-state index is 11.2. The third-order valence-corrected chi connectivity index (χ3v) is 2.71. The van der Waals surface area contributed by atoms with E-state index in [9.17, 15) is 4.79 Å². The molecule has 0 atom stereocenters. The van der Waals surface area contributed by atoms with Gasteiger partial charge in [-0.15, -0.1) is 0 Å². The largest absolute Gasteiger partial charge is 0.494 e. The van der Waals surface area contributed by atoms with Crippen LogP contribution < -0.4 is 10.3 Å². The number of hydrogen-bond donors (Lipinski definition) is 1. The normalized spacial score (nSPS) is 10.6. The standard InChI is InChI=1S/C14H17NO2/c1-2-3-4-9-17-12-7-5-11-6-8-14(16)15-13(11)10-12/h5-8,10H,2-4,9H2,1H3,(H,15,16). The molecule has 0 spiro atoms. The molecule has 3 heteroatoms. The van der Waals surface area contributed by atoms with Gasteiger partial charge < -0.3 is 9.72 Å². The maximum atomic E-state index is 11.2. The van der Waals surface area contributed by atoms with Crippen molar-refractivity contribution in [1.29, 1.82) is 0 Å². The van der Waals surface area contributed by atoms with Gasteiger partial charge >= 0.3 is 0 Å². The molecule has 1 heterocycles. The van der Waals surface area contributed by atoms with Crippen LogP contribution in [0.15, 0.2) is 35.1 Å². The minimum absolute atomic E-state index is 0.0827. The average Bonchev–Trinajstić information content (AvgIpc) is 2.34. The van der Waals surface area contributed by atoms with E-state index < -0.39 is 0 Å². The van der Waals surface area contributed by atoms with Gasteiger partial charge in [0.2, 0.25) is 5.56 Å². The number of benzene rings is 1. The van der Waals surface area contributed by atoms with E-state index >= 15 is 0 Å². The molecule has 0 fully saturated rings. The van der Waals surface area contributed by atoms with Crippen LogP contribution in [-0.4, -0.2) is 11.6 Å². The van der Waals surface area contributed by atoms with Crippen LogP contribution in [0.5, 0.6) is 5.75 Å². The topological polar surface area (TPSA) is 42.1 Å². The number of ether oxygens (including phenoxy) is 1. The molecule has 1 N–H and O–H groups in total. The Kier molecular flexibility index (Phi) is 3.81. The molecular formula is C14H17NO2. The number of aromatic amines is 1. The van der Waals surface area contributed by atoms with Crippen molar-refractivity contribution in [2.75, 3.05) is 6.61 Å².